The molecule has 4 aromatic carbocycles. The summed E-state index contributed by atoms with van der Waals surface area (Å²) in [5.41, 5.74) is 4.41. The molecule has 0 fully saturated rings. The number of carbonyl (C=O) groups is 2. The molecule has 1 heterocycles. The minimum atomic E-state index is -0.967. The van der Waals surface area contributed by atoms with Crippen molar-refractivity contribution in [2.75, 3.05) is 7.11 Å². The quantitative estimate of drug-likeness (QED) is 0.114. The first-order valence-electron chi connectivity index (χ1n) is 15.7. The zero-order chi connectivity index (χ0) is 34.0. The average Bonchev–Trinajstić information content (AvgIpc) is 3.51. The van der Waals surface area contributed by atoms with Gasteiger partial charge < -0.3 is 24.5 Å². The number of imidazole rings is 1. The van der Waals surface area contributed by atoms with E-state index in [2.05, 4.69) is 16.8 Å². The number of nitrogens with zero attached hydrogens (tertiary/aromatic N) is 2. The van der Waals surface area contributed by atoms with Gasteiger partial charge in [0.2, 0.25) is 5.91 Å². The maximum absolute atomic E-state index is 13.5. The van der Waals surface area contributed by atoms with Crippen molar-refractivity contribution in [3.8, 4) is 22.8 Å². The summed E-state index contributed by atoms with van der Waals surface area (Å²) in [4.78, 5) is 29.7. The summed E-state index contributed by atoms with van der Waals surface area (Å²) >= 11 is 12.8. The number of rotatable bonds is 15. The fourth-order valence-corrected chi connectivity index (χ4v) is 5.80. The first kappa shape index (κ1) is 34.5. The van der Waals surface area contributed by atoms with Crippen molar-refractivity contribution in [3.63, 3.8) is 0 Å². The number of amides is 1. The molecular weight excluding hydrogens is 649 g/mol. The number of hydrogen-bond acceptors (Lipinski definition) is 5. The Morgan fingerprint density at radius 1 is 0.896 bits per heavy atom. The second-order valence-electron chi connectivity index (χ2n) is 11.4. The van der Waals surface area contributed by atoms with Crippen molar-refractivity contribution in [3.05, 3.63) is 135 Å². The van der Waals surface area contributed by atoms with Crippen LogP contribution in [0.15, 0.2) is 97.2 Å². The van der Waals surface area contributed by atoms with Gasteiger partial charge in [0.15, 0.2) is 0 Å². The van der Waals surface area contributed by atoms with Gasteiger partial charge in [0.25, 0.3) is 0 Å². The van der Waals surface area contributed by atoms with Crippen LogP contribution in [-0.2, 0) is 30.8 Å². The van der Waals surface area contributed by atoms with E-state index in [1.807, 2.05) is 60.8 Å². The van der Waals surface area contributed by atoms with E-state index < -0.39 is 12.0 Å². The second-order valence-corrected chi connectivity index (χ2v) is 12.3. The molecule has 0 aliphatic carbocycles. The van der Waals surface area contributed by atoms with Gasteiger partial charge in [-0.3, -0.25) is 4.79 Å². The van der Waals surface area contributed by atoms with Gasteiger partial charge in [0, 0.05) is 23.3 Å². The number of unbranched alkanes of at least 4 members (excludes halogenated alkanes) is 1. The molecule has 8 nitrogen and oxygen atoms in total. The van der Waals surface area contributed by atoms with E-state index in [-0.39, 0.29) is 17.9 Å². The minimum Gasteiger partial charge on any atom is -0.497 e. The van der Waals surface area contributed by atoms with Crippen LogP contribution in [0.5, 0.6) is 11.5 Å². The van der Waals surface area contributed by atoms with Crippen molar-refractivity contribution in [1.29, 1.82) is 0 Å². The molecule has 1 atom stereocenters. The lowest BCUT2D eigenvalue weighted by atomic mass is 10.0. The lowest BCUT2D eigenvalue weighted by Gasteiger charge is -2.20. The number of ether oxygens (including phenoxy) is 2. The van der Waals surface area contributed by atoms with Crippen LogP contribution in [0.1, 0.15) is 58.7 Å². The Hall–Kier alpha value is -4.79. The van der Waals surface area contributed by atoms with Crippen LogP contribution < -0.4 is 14.8 Å². The van der Waals surface area contributed by atoms with Crippen molar-refractivity contribution in [2.24, 2.45) is 0 Å². The van der Waals surface area contributed by atoms with Crippen molar-refractivity contribution in [2.45, 2.75) is 51.8 Å². The molecule has 0 radical (unpaired) electrons. The number of aromatic carboxylic acids is 1. The SMILES string of the molecule is CCCCn1cc(-c2ccc(Cl)cc2Cl)nc1[C@H](Cc1ccc(OCc2ccc(C(=O)O)cc2)cc1)NC(=O)Cc1ccc(OC)cc1. The van der Waals surface area contributed by atoms with Gasteiger partial charge in [-0.25, -0.2) is 9.78 Å². The number of benzene rings is 4. The van der Waals surface area contributed by atoms with Crippen molar-refractivity contribution < 1.29 is 24.2 Å². The zero-order valence-electron chi connectivity index (χ0n) is 26.8. The topological polar surface area (TPSA) is 103 Å². The molecule has 0 saturated carbocycles. The van der Waals surface area contributed by atoms with Gasteiger partial charge in [-0.1, -0.05) is 72.9 Å². The molecule has 248 valence electrons. The fourth-order valence-electron chi connectivity index (χ4n) is 5.29. The molecule has 0 unspecified atom stereocenters. The van der Waals surface area contributed by atoms with Crippen LogP contribution in [0.3, 0.4) is 0 Å². The summed E-state index contributed by atoms with van der Waals surface area (Å²) in [5.74, 6) is 1.04. The zero-order valence-corrected chi connectivity index (χ0v) is 28.3. The number of carboxylic acid groups (broad SMARTS) is 1. The van der Waals surface area contributed by atoms with Crippen LogP contribution in [-0.4, -0.2) is 33.6 Å². The highest BCUT2D eigenvalue weighted by Crippen LogP contribution is 2.32. The Labute approximate surface area is 290 Å². The van der Waals surface area contributed by atoms with Crippen LogP contribution in [0.25, 0.3) is 11.3 Å². The maximum atomic E-state index is 13.5. The van der Waals surface area contributed by atoms with Gasteiger partial charge in [-0.05, 0) is 84.1 Å². The van der Waals surface area contributed by atoms with E-state index in [0.717, 1.165) is 53.2 Å². The summed E-state index contributed by atoms with van der Waals surface area (Å²) in [5, 5.41) is 13.4. The predicted octanol–water partition coefficient (Wildman–Crippen LogP) is 8.59. The number of carboxylic acids is 1. The van der Waals surface area contributed by atoms with E-state index in [1.54, 1.807) is 43.5 Å². The maximum Gasteiger partial charge on any atom is 0.335 e. The molecule has 1 amide bonds. The lowest BCUT2D eigenvalue weighted by Crippen LogP contribution is -2.33. The Bertz CT molecular complexity index is 1840. The monoisotopic (exact) mass is 685 g/mol. The van der Waals surface area contributed by atoms with Gasteiger partial charge in [-0.15, -0.1) is 0 Å². The van der Waals surface area contributed by atoms with Crippen molar-refractivity contribution in [1.82, 2.24) is 14.9 Å². The number of halogens is 2. The van der Waals surface area contributed by atoms with Gasteiger partial charge in [0.1, 0.15) is 23.9 Å². The number of nitrogens with one attached hydrogen (secondary N) is 1. The Morgan fingerprint density at radius 3 is 2.21 bits per heavy atom. The predicted molar refractivity (Wildman–Crippen MR) is 188 cm³/mol. The molecule has 0 aliphatic rings. The standard InChI is InChI=1S/C38H37Cl2N3O5/c1-3-4-19-43-23-35(32-18-13-29(39)22-33(32)40)42-37(43)34(41-36(44)21-26-7-14-30(47-2)15-8-26)20-25-9-16-31(17-10-25)48-24-27-5-11-28(12-6-27)38(45)46/h5-18,22-23,34H,3-4,19-21,24H2,1-2H3,(H,41,44)(H,45,46)/t34-/m0/s1. The molecule has 0 bridgehead atoms. The number of aryl methyl sites for hydroxylation is 1. The smallest absolute Gasteiger partial charge is 0.335 e. The van der Waals surface area contributed by atoms with Gasteiger partial charge >= 0.3 is 5.97 Å². The summed E-state index contributed by atoms with van der Waals surface area (Å²) < 4.78 is 13.3. The van der Waals surface area contributed by atoms with Gasteiger partial charge in [-0.2, -0.15) is 0 Å². The molecule has 10 heteroatoms. The van der Waals surface area contributed by atoms with Crippen LogP contribution in [0.2, 0.25) is 10.0 Å². The van der Waals surface area contributed by atoms with Crippen LogP contribution in [0, 0.1) is 0 Å². The Balaban J connectivity index is 1.39. The molecule has 2 N–H and O–H groups in total. The molecule has 0 saturated heterocycles. The average molecular weight is 687 g/mol. The number of carbonyl (C=O) groups excluding carboxylic acids is 1. The third-order valence-electron chi connectivity index (χ3n) is 7.91. The highest BCUT2D eigenvalue weighted by Gasteiger charge is 2.23. The highest BCUT2D eigenvalue weighted by atomic mass is 35.5. The molecule has 0 aliphatic heterocycles. The number of hydrogen-bond donors (Lipinski definition) is 2. The normalized spacial score (nSPS) is 11.6. The van der Waals surface area contributed by atoms with Crippen LogP contribution in [0.4, 0.5) is 0 Å². The van der Waals surface area contributed by atoms with Crippen molar-refractivity contribution >= 4 is 35.1 Å². The summed E-state index contributed by atoms with van der Waals surface area (Å²) in [6.07, 6.45) is 4.61. The third kappa shape index (κ3) is 9.18. The minimum absolute atomic E-state index is 0.129. The molecule has 0 spiro atoms. The summed E-state index contributed by atoms with van der Waals surface area (Å²) in [7, 11) is 1.61. The summed E-state index contributed by atoms with van der Waals surface area (Å²) in [6, 6.07) is 26.7. The fraction of sp³-hybridized carbons (Fsp3) is 0.237. The third-order valence-corrected chi connectivity index (χ3v) is 8.46. The lowest BCUT2D eigenvalue weighted by molar-refractivity contribution is -0.121. The number of aromatic nitrogens is 2. The van der Waals surface area contributed by atoms with Crippen LogP contribution >= 0.6 is 23.2 Å². The molecular formula is C38H37Cl2N3O5. The second kappa shape index (κ2) is 16.4. The van der Waals surface area contributed by atoms with E-state index in [0.29, 0.717) is 34.5 Å². The van der Waals surface area contributed by atoms with Gasteiger partial charge in [0.05, 0.1) is 35.9 Å². The molecule has 5 aromatic rings. The van der Waals surface area contributed by atoms with E-state index in [1.165, 1.54) is 0 Å². The molecule has 48 heavy (non-hydrogen) atoms. The number of methoxy groups -OCH3 is 1. The Morgan fingerprint density at radius 2 is 1.56 bits per heavy atom. The van der Waals surface area contributed by atoms with E-state index in [4.69, 9.17) is 42.8 Å². The first-order chi connectivity index (χ1) is 23.2. The summed E-state index contributed by atoms with van der Waals surface area (Å²) in [6.45, 7) is 3.17. The largest absolute Gasteiger partial charge is 0.497 e. The Kier molecular flexibility index (Phi) is 11.8. The van der Waals surface area contributed by atoms with E-state index >= 15 is 0 Å². The highest BCUT2D eigenvalue weighted by molar-refractivity contribution is 6.36. The molecule has 1 aromatic heterocycles. The van der Waals surface area contributed by atoms with E-state index in [9.17, 15) is 9.59 Å². The molecule has 5 rings (SSSR count). The first-order valence-corrected chi connectivity index (χ1v) is 16.5.